The van der Waals surface area contributed by atoms with Gasteiger partial charge >= 0.3 is 0 Å². The molecule has 6 nitrogen and oxygen atoms in total. The molecule has 0 spiro atoms. The van der Waals surface area contributed by atoms with Gasteiger partial charge in [-0.1, -0.05) is 28.1 Å². The lowest BCUT2D eigenvalue weighted by atomic mass is 10.0. The van der Waals surface area contributed by atoms with E-state index in [1.54, 1.807) is 4.90 Å². The minimum absolute atomic E-state index is 0.00353. The molecule has 4 rings (SSSR count). The lowest BCUT2D eigenvalue weighted by Crippen LogP contribution is -2.43. The second-order valence-electron chi connectivity index (χ2n) is 6.39. The zero-order valence-corrected chi connectivity index (χ0v) is 17.2. The molecule has 3 aromatic rings. The van der Waals surface area contributed by atoms with Crippen LogP contribution in [0.1, 0.15) is 4.88 Å². The van der Waals surface area contributed by atoms with Crippen LogP contribution in [-0.4, -0.2) is 46.7 Å². The molecule has 1 aliphatic rings. The van der Waals surface area contributed by atoms with Crippen molar-refractivity contribution in [1.82, 2.24) is 14.5 Å². The molecule has 8 heteroatoms. The predicted molar refractivity (Wildman–Crippen MR) is 109 cm³/mol. The van der Waals surface area contributed by atoms with Gasteiger partial charge in [-0.05, 0) is 24.6 Å². The van der Waals surface area contributed by atoms with Gasteiger partial charge in [0.25, 0.3) is 5.56 Å². The molecule has 1 saturated heterocycles. The van der Waals surface area contributed by atoms with Gasteiger partial charge in [0.15, 0.2) is 0 Å². The second kappa shape index (κ2) is 7.53. The third kappa shape index (κ3) is 3.56. The standard InChI is InChI=1S/C19H18BrN3O3S/c1-12-16(13-2-4-14(20)5-3-13)17-18(27-12)21-11-23(19(17)25)10-15(24)22-6-8-26-9-7-22/h2-5,11H,6-10H2,1H3. The number of rotatable bonds is 3. The summed E-state index contributed by atoms with van der Waals surface area (Å²) in [6.45, 7) is 4.18. The summed E-state index contributed by atoms with van der Waals surface area (Å²) in [5.41, 5.74) is 1.69. The highest BCUT2D eigenvalue weighted by Gasteiger charge is 2.20. The highest BCUT2D eigenvalue weighted by molar-refractivity contribution is 9.10. The maximum absolute atomic E-state index is 13.1. The van der Waals surface area contributed by atoms with E-state index < -0.39 is 0 Å². The number of carbonyl (C=O) groups is 1. The first-order valence-corrected chi connectivity index (χ1v) is 10.3. The van der Waals surface area contributed by atoms with Crippen LogP contribution in [-0.2, 0) is 16.1 Å². The van der Waals surface area contributed by atoms with E-state index in [9.17, 15) is 9.59 Å². The molecule has 140 valence electrons. The highest BCUT2D eigenvalue weighted by atomic mass is 79.9. The van der Waals surface area contributed by atoms with E-state index in [4.69, 9.17) is 4.74 Å². The molecule has 2 aromatic heterocycles. The number of amides is 1. The Labute approximate surface area is 168 Å². The van der Waals surface area contributed by atoms with Crippen LogP contribution >= 0.6 is 27.3 Å². The summed E-state index contributed by atoms with van der Waals surface area (Å²) >= 11 is 4.94. The van der Waals surface area contributed by atoms with Crippen LogP contribution in [0.3, 0.4) is 0 Å². The first-order valence-electron chi connectivity index (χ1n) is 8.64. The molecular weight excluding hydrogens is 430 g/mol. The summed E-state index contributed by atoms with van der Waals surface area (Å²) in [4.78, 5) is 33.6. The number of nitrogens with zero attached hydrogens (tertiary/aromatic N) is 3. The number of hydrogen-bond donors (Lipinski definition) is 0. The molecule has 0 N–H and O–H groups in total. The molecule has 0 unspecified atom stereocenters. The molecule has 0 radical (unpaired) electrons. The van der Waals surface area contributed by atoms with Crippen LogP contribution in [0.2, 0.25) is 0 Å². The van der Waals surface area contributed by atoms with Crippen molar-refractivity contribution < 1.29 is 9.53 Å². The van der Waals surface area contributed by atoms with Gasteiger partial charge in [0.05, 0.1) is 24.9 Å². The summed E-state index contributed by atoms with van der Waals surface area (Å²) < 4.78 is 7.67. The molecule has 0 bridgehead atoms. The van der Waals surface area contributed by atoms with Crippen molar-refractivity contribution in [3.05, 3.63) is 50.3 Å². The van der Waals surface area contributed by atoms with Gasteiger partial charge in [-0.25, -0.2) is 4.98 Å². The molecule has 1 aliphatic heterocycles. The van der Waals surface area contributed by atoms with E-state index >= 15 is 0 Å². The van der Waals surface area contributed by atoms with E-state index in [2.05, 4.69) is 20.9 Å². The van der Waals surface area contributed by atoms with Crippen molar-refractivity contribution in [2.24, 2.45) is 0 Å². The molecule has 27 heavy (non-hydrogen) atoms. The van der Waals surface area contributed by atoms with E-state index in [0.29, 0.717) is 36.5 Å². The lowest BCUT2D eigenvalue weighted by Gasteiger charge is -2.26. The fourth-order valence-electron chi connectivity index (χ4n) is 3.27. The van der Waals surface area contributed by atoms with Gasteiger partial charge in [-0.3, -0.25) is 14.2 Å². The zero-order chi connectivity index (χ0) is 19.0. The number of fused-ring (bicyclic) bond motifs is 1. The van der Waals surface area contributed by atoms with Crippen molar-refractivity contribution in [2.45, 2.75) is 13.5 Å². The molecule has 0 aliphatic carbocycles. The number of ether oxygens (including phenoxy) is 1. The molecule has 1 amide bonds. The number of halogens is 1. The van der Waals surface area contributed by atoms with E-state index in [0.717, 1.165) is 20.5 Å². The number of aryl methyl sites for hydroxylation is 1. The lowest BCUT2D eigenvalue weighted by molar-refractivity contribution is -0.135. The van der Waals surface area contributed by atoms with Crippen molar-refractivity contribution in [2.75, 3.05) is 26.3 Å². The molecule has 1 fully saturated rings. The Balaban J connectivity index is 1.75. The number of benzene rings is 1. The van der Waals surface area contributed by atoms with Gasteiger partial charge in [-0.2, -0.15) is 0 Å². The molecule has 3 heterocycles. The SMILES string of the molecule is Cc1sc2ncn(CC(=O)N3CCOCC3)c(=O)c2c1-c1ccc(Br)cc1. The van der Waals surface area contributed by atoms with Crippen LogP contribution in [0, 0.1) is 6.92 Å². The minimum Gasteiger partial charge on any atom is -0.378 e. The predicted octanol–water partition coefficient (Wildman–Crippen LogP) is 3.05. The highest BCUT2D eigenvalue weighted by Crippen LogP contribution is 2.35. The summed E-state index contributed by atoms with van der Waals surface area (Å²) in [7, 11) is 0. The maximum Gasteiger partial charge on any atom is 0.263 e. The summed E-state index contributed by atoms with van der Waals surface area (Å²) in [6, 6.07) is 7.87. The average molecular weight is 448 g/mol. The number of aromatic nitrogens is 2. The smallest absolute Gasteiger partial charge is 0.263 e. The number of hydrogen-bond acceptors (Lipinski definition) is 5. The summed E-state index contributed by atoms with van der Waals surface area (Å²) in [5.74, 6) is -0.0845. The van der Waals surface area contributed by atoms with Crippen molar-refractivity contribution in [3.63, 3.8) is 0 Å². The van der Waals surface area contributed by atoms with Gasteiger partial charge in [0.2, 0.25) is 5.91 Å². The number of morpholine rings is 1. The number of carbonyl (C=O) groups excluding carboxylic acids is 1. The topological polar surface area (TPSA) is 64.4 Å². The first-order chi connectivity index (χ1) is 13.0. The van der Waals surface area contributed by atoms with Gasteiger partial charge in [0, 0.05) is 28.0 Å². The van der Waals surface area contributed by atoms with Crippen molar-refractivity contribution in [3.8, 4) is 11.1 Å². The van der Waals surface area contributed by atoms with Crippen LogP contribution in [0.15, 0.2) is 39.9 Å². The maximum atomic E-state index is 13.1. The summed E-state index contributed by atoms with van der Waals surface area (Å²) in [6.07, 6.45) is 1.48. The minimum atomic E-state index is -0.177. The average Bonchev–Trinajstić information content (AvgIpc) is 3.02. The third-order valence-corrected chi connectivity index (χ3v) is 6.20. The van der Waals surface area contributed by atoms with Gasteiger partial charge in [0.1, 0.15) is 11.4 Å². The number of thiophene rings is 1. The molecule has 0 atom stereocenters. The fraction of sp³-hybridized carbons (Fsp3) is 0.316. The Bertz CT molecular complexity index is 1050. The Morgan fingerprint density at radius 3 is 2.67 bits per heavy atom. The summed E-state index contributed by atoms with van der Waals surface area (Å²) in [5, 5.41) is 0.581. The van der Waals surface area contributed by atoms with Gasteiger partial charge in [-0.15, -0.1) is 11.3 Å². The van der Waals surface area contributed by atoms with E-state index in [1.165, 1.54) is 22.2 Å². The van der Waals surface area contributed by atoms with Crippen molar-refractivity contribution >= 4 is 43.4 Å². The Morgan fingerprint density at radius 2 is 1.96 bits per heavy atom. The van der Waals surface area contributed by atoms with Crippen LogP contribution < -0.4 is 5.56 Å². The van der Waals surface area contributed by atoms with Crippen molar-refractivity contribution in [1.29, 1.82) is 0 Å². The Kier molecular flexibility index (Phi) is 5.12. The molecule has 1 aromatic carbocycles. The molecular formula is C19H18BrN3O3S. The monoisotopic (exact) mass is 447 g/mol. The van der Waals surface area contributed by atoms with Crippen LogP contribution in [0.5, 0.6) is 0 Å². The Hall–Kier alpha value is -2.03. The van der Waals surface area contributed by atoms with E-state index in [1.807, 2.05) is 31.2 Å². The largest absolute Gasteiger partial charge is 0.378 e. The Morgan fingerprint density at radius 1 is 1.26 bits per heavy atom. The zero-order valence-electron chi connectivity index (χ0n) is 14.8. The first kappa shape index (κ1) is 18.3. The fourth-order valence-corrected chi connectivity index (χ4v) is 4.54. The normalized spacial score (nSPS) is 14.7. The third-order valence-electron chi connectivity index (χ3n) is 4.66. The molecule has 0 saturated carbocycles. The van der Waals surface area contributed by atoms with Crippen LogP contribution in [0.4, 0.5) is 0 Å². The van der Waals surface area contributed by atoms with E-state index in [-0.39, 0.29) is 18.0 Å². The second-order valence-corrected chi connectivity index (χ2v) is 8.51. The van der Waals surface area contributed by atoms with Gasteiger partial charge < -0.3 is 9.64 Å². The van der Waals surface area contributed by atoms with Crippen LogP contribution in [0.25, 0.3) is 21.3 Å². The quantitative estimate of drug-likeness (QED) is 0.618.